The standard InChI is InChI=1S/C10H16O2/c1-5-9(7(2)3)10(12)8(4)6-11/h5,9-12H,1-2,4,6H2,3H3. The van der Waals surface area contributed by atoms with E-state index in [1.165, 1.54) is 0 Å². The van der Waals surface area contributed by atoms with Gasteiger partial charge in [-0.25, -0.2) is 0 Å². The Balaban J connectivity index is 4.41. The molecule has 0 bridgehead atoms. The fraction of sp³-hybridized carbons (Fsp3) is 0.400. The molecular formula is C10H16O2. The van der Waals surface area contributed by atoms with E-state index < -0.39 is 6.10 Å². The molecule has 0 aromatic heterocycles. The van der Waals surface area contributed by atoms with Crippen LogP contribution in [0, 0.1) is 5.92 Å². The maximum Gasteiger partial charge on any atom is 0.0869 e. The zero-order valence-electron chi connectivity index (χ0n) is 7.45. The first kappa shape index (κ1) is 11.1. The first-order valence-electron chi connectivity index (χ1n) is 3.79. The molecule has 2 N–H and O–H groups in total. The van der Waals surface area contributed by atoms with E-state index in [-0.39, 0.29) is 12.5 Å². The third kappa shape index (κ3) is 2.64. The Bertz CT molecular complexity index is 194. The monoisotopic (exact) mass is 168 g/mol. The van der Waals surface area contributed by atoms with Crippen molar-refractivity contribution in [1.29, 1.82) is 0 Å². The van der Waals surface area contributed by atoms with Gasteiger partial charge in [-0.2, -0.15) is 0 Å². The lowest BCUT2D eigenvalue weighted by atomic mass is 9.91. The molecule has 0 fully saturated rings. The predicted molar refractivity (Wildman–Crippen MR) is 50.7 cm³/mol. The molecule has 2 heteroatoms. The smallest absolute Gasteiger partial charge is 0.0869 e. The molecule has 68 valence electrons. The topological polar surface area (TPSA) is 40.5 Å². The maximum absolute atomic E-state index is 9.56. The number of rotatable bonds is 5. The van der Waals surface area contributed by atoms with Crippen molar-refractivity contribution in [3.05, 3.63) is 37.0 Å². The molecule has 0 aliphatic carbocycles. The van der Waals surface area contributed by atoms with Crippen LogP contribution in [-0.4, -0.2) is 22.9 Å². The van der Waals surface area contributed by atoms with Gasteiger partial charge in [0.2, 0.25) is 0 Å². The summed E-state index contributed by atoms with van der Waals surface area (Å²) in [7, 11) is 0. The number of hydrogen-bond donors (Lipinski definition) is 2. The largest absolute Gasteiger partial charge is 0.392 e. The second-order valence-electron chi connectivity index (χ2n) is 2.87. The van der Waals surface area contributed by atoms with E-state index in [0.717, 1.165) is 5.57 Å². The minimum absolute atomic E-state index is 0.210. The minimum atomic E-state index is -0.773. The molecule has 0 radical (unpaired) electrons. The predicted octanol–water partition coefficient (Wildman–Crippen LogP) is 1.27. The molecule has 0 aliphatic heterocycles. The average Bonchev–Trinajstić information content (AvgIpc) is 2.03. The third-order valence-corrected chi connectivity index (χ3v) is 1.78. The van der Waals surface area contributed by atoms with Gasteiger partial charge in [-0.15, -0.1) is 6.58 Å². The SMILES string of the molecule is C=CC(C(=C)C)C(O)C(=C)CO. The molecule has 2 atom stereocenters. The summed E-state index contributed by atoms with van der Waals surface area (Å²) in [5.74, 6) is -0.218. The van der Waals surface area contributed by atoms with Crippen molar-refractivity contribution < 1.29 is 10.2 Å². The third-order valence-electron chi connectivity index (χ3n) is 1.78. The van der Waals surface area contributed by atoms with Crippen LogP contribution in [0.3, 0.4) is 0 Å². The van der Waals surface area contributed by atoms with Crippen molar-refractivity contribution in [2.45, 2.75) is 13.0 Å². The van der Waals surface area contributed by atoms with Gasteiger partial charge in [0.15, 0.2) is 0 Å². The van der Waals surface area contributed by atoms with Gasteiger partial charge >= 0.3 is 0 Å². The minimum Gasteiger partial charge on any atom is -0.392 e. The Labute approximate surface area is 73.5 Å². The van der Waals surface area contributed by atoms with Crippen molar-refractivity contribution in [2.75, 3.05) is 6.61 Å². The lowest BCUT2D eigenvalue weighted by molar-refractivity contribution is 0.161. The highest BCUT2D eigenvalue weighted by atomic mass is 16.3. The van der Waals surface area contributed by atoms with Crippen molar-refractivity contribution in [3.63, 3.8) is 0 Å². The van der Waals surface area contributed by atoms with Gasteiger partial charge in [0.05, 0.1) is 12.7 Å². The summed E-state index contributed by atoms with van der Waals surface area (Å²) in [5.41, 5.74) is 1.20. The molecule has 0 aromatic carbocycles. The van der Waals surface area contributed by atoms with Crippen LogP contribution in [0.2, 0.25) is 0 Å². The van der Waals surface area contributed by atoms with Crippen LogP contribution in [0.1, 0.15) is 6.92 Å². The Morgan fingerprint density at radius 2 is 2.00 bits per heavy atom. The Hall–Kier alpha value is -0.860. The van der Waals surface area contributed by atoms with Crippen LogP contribution in [0.15, 0.2) is 37.0 Å². The normalized spacial score (nSPS) is 14.9. The highest BCUT2D eigenvalue weighted by Gasteiger charge is 2.18. The van der Waals surface area contributed by atoms with Crippen molar-refractivity contribution in [3.8, 4) is 0 Å². The highest BCUT2D eigenvalue weighted by Crippen LogP contribution is 2.18. The van der Waals surface area contributed by atoms with Gasteiger partial charge in [-0.3, -0.25) is 0 Å². The first-order valence-corrected chi connectivity index (χ1v) is 3.79. The molecule has 0 saturated carbocycles. The van der Waals surface area contributed by atoms with E-state index in [1.54, 1.807) is 13.0 Å². The molecule has 12 heavy (non-hydrogen) atoms. The molecule has 0 aliphatic rings. The fourth-order valence-corrected chi connectivity index (χ4v) is 0.947. The molecule has 0 rings (SSSR count). The molecule has 2 unspecified atom stereocenters. The molecule has 0 amide bonds. The molecule has 0 heterocycles. The second-order valence-corrected chi connectivity index (χ2v) is 2.87. The Morgan fingerprint density at radius 3 is 2.25 bits per heavy atom. The van der Waals surface area contributed by atoms with E-state index >= 15 is 0 Å². The van der Waals surface area contributed by atoms with Gasteiger partial charge in [-0.05, 0) is 12.5 Å². The van der Waals surface area contributed by atoms with Crippen LogP contribution in [0.5, 0.6) is 0 Å². The summed E-state index contributed by atoms with van der Waals surface area (Å²) in [4.78, 5) is 0. The van der Waals surface area contributed by atoms with E-state index in [2.05, 4.69) is 19.7 Å². The van der Waals surface area contributed by atoms with Crippen molar-refractivity contribution in [2.24, 2.45) is 5.92 Å². The quantitative estimate of drug-likeness (QED) is 0.607. The first-order chi connectivity index (χ1) is 5.54. The van der Waals surface area contributed by atoms with E-state index in [0.29, 0.717) is 5.57 Å². The Morgan fingerprint density at radius 1 is 1.50 bits per heavy atom. The summed E-state index contributed by atoms with van der Waals surface area (Å²) in [6, 6.07) is 0. The van der Waals surface area contributed by atoms with Crippen LogP contribution in [0.25, 0.3) is 0 Å². The molecule has 0 saturated heterocycles. The zero-order chi connectivity index (χ0) is 9.72. The van der Waals surface area contributed by atoms with Crippen molar-refractivity contribution >= 4 is 0 Å². The van der Waals surface area contributed by atoms with E-state index in [9.17, 15) is 5.11 Å². The number of aliphatic hydroxyl groups excluding tert-OH is 2. The van der Waals surface area contributed by atoms with Gasteiger partial charge in [0, 0.05) is 5.92 Å². The summed E-state index contributed by atoms with van der Waals surface area (Å²) < 4.78 is 0. The van der Waals surface area contributed by atoms with Gasteiger partial charge in [-0.1, -0.05) is 24.8 Å². The lowest BCUT2D eigenvalue weighted by Crippen LogP contribution is -2.22. The maximum atomic E-state index is 9.56. The summed E-state index contributed by atoms with van der Waals surface area (Å²) in [5, 5.41) is 18.3. The lowest BCUT2D eigenvalue weighted by Gasteiger charge is -2.20. The van der Waals surface area contributed by atoms with Crippen LogP contribution in [-0.2, 0) is 0 Å². The van der Waals surface area contributed by atoms with Crippen LogP contribution >= 0.6 is 0 Å². The molecule has 2 nitrogen and oxygen atoms in total. The van der Waals surface area contributed by atoms with Gasteiger partial charge in [0.1, 0.15) is 0 Å². The number of hydrogen-bond acceptors (Lipinski definition) is 2. The van der Waals surface area contributed by atoms with E-state index in [4.69, 9.17) is 5.11 Å². The fourth-order valence-electron chi connectivity index (χ4n) is 0.947. The molecule has 0 spiro atoms. The zero-order valence-corrected chi connectivity index (χ0v) is 7.45. The molecular weight excluding hydrogens is 152 g/mol. The van der Waals surface area contributed by atoms with Crippen LogP contribution in [0.4, 0.5) is 0 Å². The van der Waals surface area contributed by atoms with Gasteiger partial charge in [0.25, 0.3) is 0 Å². The summed E-state index contributed by atoms with van der Waals surface area (Å²) in [6.45, 7) is 12.4. The average molecular weight is 168 g/mol. The summed E-state index contributed by atoms with van der Waals surface area (Å²) in [6.07, 6.45) is 0.832. The molecule has 0 aromatic rings. The van der Waals surface area contributed by atoms with E-state index in [1.807, 2.05) is 0 Å². The highest BCUT2D eigenvalue weighted by molar-refractivity contribution is 5.16. The number of aliphatic hydroxyl groups is 2. The Kier molecular flexibility index (Phi) is 4.55. The van der Waals surface area contributed by atoms with Crippen molar-refractivity contribution in [1.82, 2.24) is 0 Å². The second kappa shape index (κ2) is 4.91. The van der Waals surface area contributed by atoms with Gasteiger partial charge < -0.3 is 10.2 Å². The summed E-state index contributed by atoms with van der Waals surface area (Å²) >= 11 is 0. The van der Waals surface area contributed by atoms with Crippen LogP contribution < -0.4 is 0 Å².